The first-order valence-corrected chi connectivity index (χ1v) is 10.0. The Morgan fingerprint density at radius 1 is 0.567 bits per heavy atom. The second-order valence-electron chi connectivity index (χ2n) is 7.60. The third-order valence-electron chi connectivity index (χ3n) is 6.01. The molecular weight excluding hydrogens is 368 g/mol. The maximum absolute atomic E-state index is 4.74. The van der Waals surface area contributed by atoms with Gasteiger partial charge in [-0.25, -0.2) is 4.98 Å². The minimum Gasteiger partial charge on any atom is -0.309 e. The van der Waals surface area contributed by atoms with Gasteiger partial charge in [-0.15, -0.1) is 0 Å². The summed E-state index contributed by atoms with van der Waals surface area (Å²) in [4.78, 5) is 9.35. The topological polar surface area (TPSA) is 35.1 Å². The van der Waals surface area contributed by atoms with Crippen LogP contribution in [0.15, 0.2) is 97.5 Å². The fraction of sp³-hybridized carbons (Fsp3) is 0. The molecule has 7 rings (SSSR count). The number of imidazole rings is 1. The fourth-order valence-electron chi connectivity index (χ4n) is 4.75. The zero-order chi connectivity index (χ0) is 19.7. The summed E-state index contributed by atoms with van der Waals surface area (Å²) in [6.45, 7) is 0. The summed E-state index contributed by atoms with van der Waals surface area (Å²) < 4.78 is 4.52. The van der Waals surface area contributed by atoms with Gasteiger partial charge in [-0.3, -0.25) is 9.38 Å². The number of pyridine rings is 2. The van der Waals surface area contributed by atoms with Crippen LogP contribution in [-0.4, -0.2) is 18.9 Å². The number of rotatable bonds is 1. The summed E-state index contributed by atoms with van der Waals surface area (Å²) in [5.74, 6) is 0. The minimum atomic E-state index is 0.941. The molecule has 0 radical (unpaired) electrons. The van der Waals surface area contributed by atoms with Crippen LogP contribution in [0, 0.1) is 0 Å². The number of benzene rings is 3. The Bertz CT molecular complexity index is 1740. The summed E-state index contributed by atoms with van der Waals surface area (Å²) in [7, 11) is 0. The van der Waals surface area contributed by atoms with Gasteiger partial charge in [-0.05, 0) is 42.5 Å². The molecule has 4 heterocycles. The van der Waals surface area contributed by atoms with E-state index in [1.165, 1.54) is 21.8 Å². The molecule has 0 atom stereocenters. The van der Waals surface area contributed by atoms with Gasteiger partial charge in [-0.2, -0.15) is 0 Å². The van der Waals surface area contributed by atoms with Gasteiger partial charge >= 0.3 is 0 Å². The second-order valence-corrected chi connectivity index (χ2v) is 7.60. The average Bonchev–Trinajstić information content (AvgIpc) is 3.42. The third kappa shape index (κ3) is 1.95. The van der Waals surface area contributed by atoms with Gasteiger partial charge in [0, 0.05) is 45.8 Å². The number of fused-ring (bicyclic) bond motifs is 9. The lowest BCUT2D eigenvalue weighted by atomic mass is 10.1. The van der Waals surface area contributed by atoms with Crippen molar-refractivity contribution < 1.29 is 0 Å². The lowest BCUT2D eigenvalue weighted by Gasteiger charge is -2.10. The molecule has 0 aliphatic rings. The molecule has 0 bridgehead atoms. The van der Waals surface area contributed by atoms with Crippen LogP contribution in [0.4, 0.5) is 0 Å². The highest BCUT2D eigenvalue weighted by Gasteiger charge is 2.16. The molecule has 0 saturated carbocycles. The molecule has 7 aromatic rings. The zero-order valence-electron chi connectivity index (χ0n) is 16.0. The zero-order valence-corrected chi connectivity index (χ0v) is 16.0. The van der Waals surface area contributed by atoms with E-state index in [4.69, 9.17) is 4.98 Å². The summed E-state index contributed by atoms with van der Waals surface area (Å²) in [5, 5.41) is 4.67. The van der Waals surface area contributed by atoms with Crippen molar-refractivity contribution in [2.75, 3.05) is 0 Å². The van der Waals surface area contributed by atoms with Crippen molar-refractivity contribution in [2.45, 2.75) is 0 Å². The van der Waals surface area contributed by atoms with E-state index in [9.17, 15) is 0 Å². The smallest absolute Gasteiger partial charge is 0.146 e. The van der Waals surface area contributed by atoms with Crippen molar-refractivity contribution in [1.82, 2.24) is 18.9 Å². The molecule has 0 N–H and O–H groups in total. The summed E-state index contributed by atoms with van der Waals surface area (Å²) >= 11 is 0. The molecule has 140 valence electrons. The maximum Gasteiger partial charge on any atom is 0.146 e. The molecule has 0 fully saturated rings. The van der Waals surface area contributed by atoms with Crippen molar-refractivity contribution in [1.29, 1.82) is 0 Å². The van der Waals surface area contributed by atoms with E-state index >= 15 is 0 Å². The van der Waals surface area contributed by atoms with Gasteiger partial charge in [0.05, 0.1) is 22.1 Å². The predicted octanol–water partition coefficient (Wildman–Crippen LogP) is 6.13. The minimum absolute atomic E-state index is 0.941. The Balaban J connectivity index is 1.78. The lowest BCUT2D eigenvalue weighted by Crippen LogP contribution is -1.95. The molecular formula is C26H16N4. The number of nitrogens with zero attached hydrogens (tertiary/aromatic N) is 4. The quantitative estimate of drug-likeness (QED) is 0.319. The molecule has 0 unspecified atom stereocenters. The van der Waals surface area contributed by atoms with E-state index in [0.29, 0.717) is 0 Å². The first-order valence-electron chi connectivity index (χ1n) is 10.0. The molecule has 4 nitrogen and oxygen atoms in total. The van der Waals surface area contributed by atoms with Crippen molar-refractivity contribution in [2.24, 2.45) is 0 Å². The van der Waals surface area contributed by atoms with E-state index < -0.39 is 0 Å². The van der Waals surface area contributed by atoms with Gasteiger partial charge in [0.25, 0.3) is 0 Å². The highest BCUT2D eigenvalue weighted by atomic mass is 15.0. The van der Waals surface area contributed by atoms with Crippen molar-refractivity contribution in [3.8, 4) is 5.69 Å². The third-order valence-corrected chi connectivity index (χ3v) is 6.01. The SMILES string of the molecule is c1ccc(-n2c3ccccc3c3cc4c(cc32)c2ncccc2c2nccn42)cc1. The van der Waals surface area contributed by atoms with Gasteiger partial charge < -0.3 is 4.57 Å². The van der Waals surface area contributed by atoms with Crippen LogP contribution in [0.1, 0.15) is 0 Å². The predicted molar refractivity (Wildman–Crippen MR) is 122 cm³/mol. The number of hydrogen-bond acceptors (Lipinski definition) is 2. The normalized spacial score (nSPS) is 12.0. The number of aromatic nitrogens is 4. The molecule has 0 spiro atoms. The molecule has 0 amide bonds. The van der Waals surface area contributed by atoms with Crippen LogP contribution in [0.5, 0.6) is 0 Å². The van der Waals surface area contributed by atoms with Crippen LogP contribution in [0.25, 0.3) is 54.9 Å². The Hall–Kier alpha value is -4.18. The molecule has 0 aliphatic carbocycles. The number of para-hydroxylation sites is 2. The van der Waals surface area contributed by atoms with Crippen LogP contribution < -0.4 is 0 Å². The van der Waals surface area contributed by atoms with Gasteiger partial charge in [-0.1, -0.05) is 36.4 Å². The highest BCUT2D eigenvalue weighted by Crippen LogP contribution is 2.37. The molecule has 30 heavy (non-hydrogen) atoms. The molecule has 0 saturated heterocycles. The molecule has 3 aromatic carbocycles. The van der Waals surface area contributed by atoms with Gasteiger partial charge in [0.1, 0.15) is 5.65 Å². The van der Waals surface area contributed by atoms with E-state index in [-0.39, 0.29) is 0 Å². The second kappa shape index (κ2) is 5.67. The van der Waals surface area contributed by atoms with Crippen molar-refractivity contribution in [3.05, 3.63) is 97.5 Å². The lowest BCUT2D eigenvalue weighted by molar-refractivity contribution is 1.18. The van der Waals surface area contributed by atoms with E-state index in [0.717, 1.165) is 33.1 Å². The first-order chi connectivity index (χ1) is 14.9. The fourth-order valence-corrected chi connectivity index (χ4v) is 4.75. The Kier molecular flexibility index (Phi) is 2.97. The molecule has 0 aliphatic heterocycles. The summed E-state index contributed by atoms with van der Waals surface area (Å²) in [5.41, 5.74) is 6.59. The average molecular weight is 384 g/mol. The first kappa shape index (κ1) is 15.7. The van der Waals surface area contributed by atoms with Crippen molar-refractivity contribution in [3.63, 3.8) is 0 Å². The Morgan fingerprint density at radius 2 is 1.37 bits per heavy atom. The van der Waals surface area contributed by atoms with Crippen LogP contribution in [0.3, 0.4) is 0 Å². The van der Waals surface area contributed by atoms with Crippen LogP contribution in [0.2, 0.25) is 0 Å². The molecule has 4 aromatic heterocycles. The van der Waals surface area contributed by atoms with Crippen LogP contribution in [-0.2, 0) is 0 Å². The summed E-state index contributed by atoms with van der Waals surface area (Å²) in [6, 6.07) is 27.8. The van der Waals surface area contributed by atoms with Crippen molar-refractivity contribution >= 4 is 49.3 Å². The molecule has 4 heteroatoms. The number of hydrogen-bond donors (Lipinski definition) is 0. The van der Waals surface area contributed by atoms with Crippen LogP contribution >= 0.6 is 0 Å². The van der Waals surface area contributed by atoms with E-state index in [1.807, 2.05) is 24.7 Å². The van der Waals surface area contributed by atoms with E-state index in [1.54, 1.807) is 0 Å². The summed E-state index contributed by atoms with van der Waals surface area (Å²) in [6.07, 6.45) is 5.75. The highest BCUT2D eigenvalue weighted by molar-refractivity contribution is 6.18. The van der Waals surface area contributed by atoms with E-state index in [2.05, 4.69) is 86.7 Å². The monoisotopic (exact) mass is 384 g/mol. The standard InChI is InChI=1S/C26H16N4/c1-2-7-17(8-3-1)30-22-11-5-4-9-18(22)20-15-23-21(16-24(20)30)25-19(10-6-12-27-25)26-28-13-14-29(23)26/h1-16H. The van der Waals surface area contributed by atoms with Gasteiger partial charge in [0.15, 0.2) is 0 Å². The van der Waals surface area contributed by atoms with Gasteiger partial charge in [0.2, 0.25) is 0 Å². The Labute approximate surface area is 171 Å². The maximum atomic E-state index is 4.74. The Morgan fingerprint density at radius 3 is 2.30 bits per heavy atom. The largest absolute Gasteiger partial charge is 0.309 e.